The highest BCUT2D eigenvalue weighted by Crippen LogP contribution is 2.18. The maximum absolute atomic E-state index is 13.4. The smallest absolute Gasteiger partial charge is 0.191 e. The van der Waals surface area contributed by atoms with Crippen molar-refractivity contribution >= 4 is 11.8 Å². The minimum Gasteiger partial charge on any atom is -0.372 e. The Hall–Kier alpha value is -2.67. The summed E-state index contributed by atoms with van der Waals surface area (Å²) in [6.07, 6.45) is 2.30. The molecule has 3 rings (SSSR count). The van der Waals surface area contributed by atoms with Crippen LogP contribution in [0.1, 0.15) is 37.5 Å². The van der Waals surface area contributed by atoms with Gasteiger partial charge in [0.05, 0.1) is 18.8 Å². The Balaban J connectivity index is 1.59. The molecule has 0 bridgehead atoms. The minimum absolute atomic E-state index is 0.184. The Morgan fingerprint density at radius 2 is 1.90 bits per heavy atom. The fraction of sp³-hybridized carbons (Fsp3) is 0.478. The summed E-state index contributed by atoms with van der Waals surface area (Å²) in [5.74, 6) is 1.51. The lowest BCUT2D eigenvalue weighted by Gasteiger charge is -2.36. The molecule has 2 unspecified atom stereocenters. The standard InChI is InChI=1S/C23H32FN5O/c1-5-25-23(27-11-19-6-8-21(24)16(2)10-19)28-13-20-7-9-22(26-12-20)29-14-17(3)30-18(4)15-29/h6-10,12,17-18H,5,11,13-15H2,1-4H3,(H2,25,27,28). The number of hydrogen-bond donors (Lipinski definition) is 2. The first-order valence-electron chi connectivity index (χ1n) is 10.6. The van der Waals surface area contributed by atoms with E-state index < -0.39 is 0 Å². The maximum atomic E-state index is 13.4. The first-order chi connectivity index (χ1) is 14.4. The van der Waals surface area contributed by atoms with Crippen LogP contribution in [0.4, 0.5) is 10.2 Å². The molecule has 1 aliphatic heterocycles. The molecule has 30 heavy (non-hydrogen) atoms. The minimum atomic E-state index is -0.184. The molecular formula is C23H32FN5O. The van der Waals surface area contributed by atoms with Gasteiger partial charge in [0.2, 0.25) is 0 Å². The Labute approximate surface area is 178 Å². The van der Waals surface area contributed by atoms with Crippen molar-refractivity contribution < 1.29 is 9.13 Å². The number of benzene rings is 1. The molecule has 1 fully saturated rings. The lowest BCUT2D eigenvalue weighted by Crippen LogP contribution is -2.45. The van der Waals surface area contributed by atoms with Gasteiger partial charge in [-0.1, -0.05) is 18.2 Å². The third-order valence-corrected chi connectivity index (χ3v) is 5.00. The van der Waals surface area contributed by atoms with Crippen molar-refractivity contribution in [3.63, 3.8) is 0 Å². The number of aliphatic imine (C=N–C) groups is 1. The number of nitrogens with zero attached hydrogens (tertiary/aromatic N) is 3. The van der Waals surface area contributed by atoms with E-state index in [-0.39, 0.29) is 18.0 Å². The number of aryl methyl sites for hydroxylation is 1. The highest BCUT2D eigenvalue weighted by Gasteiger charge is 2.22. The summed E-state index contributed by atoms with van der Waals surface area (Å²) in [5, 5.41) is 6.54. The zero-order valence-electron chi connectivity index (χ0n) is 18.3. The predicted molar refractivity (Wildman–Crippen MR) is 119 cm³/mol. The summed E-state index contributed by atoms with van der Waals surface area (Å²) in [5.41, 5.74) is 2.70. The largest absolute Gasteiger partial charge is 0.372 e. The molecule has 162 valence electrons. The topological polar surface area (TPSA) is 61.8 Å². The van der Waals surface area contributed by atoms with Crippen molar-refractivity contribution in [3.8, 4) is 0 Å². The predicted octanol–water partition coefficient (Wildman–Crippen LogP) is 3.40. The van der Waals surface area contributed by atoms with E-state index in [1.807, 2.05) is 19.2 Å². The Morgan fingerprint density at radius 3 is 2.53 bits per heavy atom. The van der Waals surface area contributed by atoms with Gasteiger partial charge in [-0.15, -0.1) is 0 Å². The quantitative estimate of drug-likeness (QED) is 0.561. The van der Waals surface area contributed by atoms with E-state index in [2.05, 4.69) is 51.5 Å². The number of morpholine rings is 1. The van der Waals surface area contributed by atoms with Crippen LogP contribution in [0.2, 0.25) is 0 Å². The van der Waals surface area contributed by atoms with Gasteiger partial charge in [0, 0.05) is 32.4 Å². The first-order valence-corrected chi connectivity index (χ1v) is 10.6. The Kier molecular flexibility index (Phi) is 7.63. The molecule has 0 amide bonds. The van der Waals surface area contributed by atoms with Gasteiger partial charge in [-0.25, -0.2) is 14.4 Å². The zero-order chi connectivity index (χ0) is 21.5. The summed E-state index contributed by atoms with van der Waals surface area (Å²) >= 11 is 0. The monoisotopic (exact) mass is 413 g/mol. The molecular weight excluding hydrogens is 381 g/mol. The van der Waals surface area contributed by atoms with Crippen molar-refractivity contribution in [2.75, 3.05) is 24.5 Å². The molecule has 0 radical (unpaired) electrons. The molecule has 1 aliphatic rings. The second-order valence-corrected chi connectivity index (χ2v) is 7.82. The second kappa shape index (κ2) is 10.4. The van der Waals surface area contributed by atoms with Crippen LogP contribution in [-0.2, 0) is 17.8 Å². The highest BCUT2D eigenvalue weighted by molar-refractivity contribution is 5.79. The molecule has 0 aliphatic carbocycles. The molecule has 2 N–H and O–H groups in total. The number of anilines is 1. The highest BCUT2D eigenvalue weighted by atomic mass is 19.1. The molecule has 1 aromatic carbocycles. The van der Waals surface area contributed by atoms with Crippen LogP contribution in [-0.4, -0.2) is 42.8 Å². The van der Waals surface area contributed by atoms with Crippen LogP contribution < -0.4 is 15.5 Å². The molecule has 2 atom stereocenters. The van der Waals surface area contributed by atoms with Crippen LogP contribution in [0.5, 0.6) is 0 Å². The van der Waals surface area contributed by atoms with Crippen molar-refractivity contribution in [3.05, 3.63) is 59.0 Å². The van der Waals surface area contributed by atoms with E-state index in [1.54, 1.807) is 13.0 Å². The number of rotatable bonds is 6. The summed E-state index contributed by atoms with van der Waals surface area (Å²) in [4.78, 5) is 11.5. The van der Waals surface area contributed by atoms with Gasteiger partial charge in [0.25, 0.3) is 0 Å². The van der Waals surface area contributed by atoms with E-state index in [0.29, 0.717) is 18.7 Å². The average molecular weight is 414 g/mol. The second-order valence-electron chi connectivity index (χ2n) is 7.82. The summed E-state index contributed by atoms with van der Waals surface area (Å²) in [6, 6.07) is 9.26. The summed E-state index contributed by atoms with van der Waals surface area (Å²) in [6.45, 7) is 11.6. The summed E-state index contributed by atoms with van der Waals surface area (Å²) < 4.78 is 19.2. The van der Waals surface area contributed by atoms with Crippen molar-refractivity contribution in [1.82, 2.24) is 15.6 Å². The number of ether oxygens (including phenoxy) is 1. The third kappa shape index (κ3) is 6.16. The van der Waals surface area contributed by atoms with Crippen molar-refractivity contribution in [2.45, 2.75) is 53.0 Å². The fourth-order valence-electron chi connectivity index (χ4n) is 3.58. The number of hydrogen-bond acceptors (Lipinski definition) is 4. The van der Waals surface area contributed by atoms with Crippen molar-refractivity contribution in [1.29, 1.82) is 0 Å². The van der Waals surface area contributed by atoms with Gasteiger partial charge in [0.15, 0.2) is 5.96 Å². The average Bonchev–Trinajstić information content (AvgIpc) is 2.72. The summed E-state index contributed by atoms with van der Waals surface area (Å²) in [7, 11) is 0. The van der Waals surface area contributed by atoms with Gasteiger partial charge >= 0.3 is 0 Å². The maximum Gasteiger partial charge on any atom is 0.191 e. The first kappa shape index (κ1) is 22.0. The van der Waals surface area contributed by atoms with Crippen LogP contribution in [0.15, 0.2) is 41.5 Å². The van der Waals surface area contributed by atoms with E-state index in [1.165, 1.54) is 6.07 Å². The normalized spacial score (nSPS) is 19.6. The Bertz CT molecular complexity index is 845. The molecule has 7 heteroatoms. The van der Waals surface area contributed by atoms with Gasteiger partial charge in [-0.2, -0.15) is 0 Å². The SMILES string of the molecule is CCNC(=NCc1ccc(N2CC(C)OC(C)C2)nc1)NCc1ccc(F)c(C)c1. The number of nitrogens with one attached hydrogen (secondary N) is 2. The van der Waals surface area contributed by atoms with E-state index in [0.717, 1.165) is 42.5 Å². The van der Waals surface area contributed by atoms with Crippen LogP contribution in [0.3, 0.4) is 0 Å². The molecule has 2 aromatic rings. The van der Waals surface area contributed by atoms with Crippen LogP contribution >= 0.6 is 0 Å². The van der Waals surface area contributed by atoms with E-state index >= 15 is 0 Å². The molecule has 1 aromatic heterocycles. The fourth-order valence-corrected chi connectivity index (χ4v) is 3.58. The lowest BCUT2D eigenvalue weighted by atomic mass is 10.1. The van der Waals surface area contributed by atoms with Gasteiger partial charge < -0.3 is 20.3 Å². The number of aromatic nitrogens is 1. The van der Waals surface area contributed by atoms with E-state index in [4.69, 9.17) is 4.74 Å². The van der Waals surface area contributed by atoms with Gasteiger partial charge in [0.1, 0.15) is 11.6 Å². The third-order valence-electron chi connectivity index (χ3n) is 5.00. The molecule has 0 saturated carbocycles. The van der Waals surface area contributed by atoms with Gasteiger partial charge in [-0.3, -0.25) is 0 Å². The molecule has 1 saturated heterocycles. The van der Waals surface area contributed by atoms with Gasteiger partial charge in [-0.05, 0) is 56.5 Å². The molecule has 6 nitrogen and oxygen atoms in total. The number of halogens is 1. The zero-order valence-corrected chi connectivity index (χ0v) is 18.3. The van der Waals surface area contributed by atoms with Crippen LogP contribution in [0.25, 0.3) is 0 Å². The lowest BCUT2D eigenvalue weighted by molar-refractivity contribution is -0.00545. The van der Waals surface area contributed by atoms with E-state index in [9.17, 15) is 4.39 Å². The van der Waals surface area contributed by atoms with Crippen molar-refractivity contribution in [2.24, 2.45) is 4.99 Å². The number of guanidine groups is 1. The number of pyridine rings is 1. The Morgan fingerprint density at radius 1 is 1.17 bits per heavy atom. The molecule has 2 heterocycles. The van der Waals surface area contributed by atoms with Crippen LogP contribution in [0, 0.1) is 12.7 Å². The molecule has 0 spiro atoms.